The zero-order valence-corrected chi connectivity index (χ0v) is 21.0. The number of rotatable bonds is 3. The topological polar surface area (TPSA) is 15.6 Å². The number of hydrogen-bond donors (Lipinski definition) is 0. The van der Waals surface area contributed by atoms with Gasteiger partial charge >= 0.3 is 0 Å². The summed E-state index contributed by atoms with van der Waals surface area (Å²) in [5.41, 5.74) is 7.48. The highest BCUT2D eigenvalue weighted by Crippen LogP contribution is 2.52. The van der Waals surface area contributed by atoms with Gasteiger partial charge in [0.1, 0.15) is 5.82 Å². The molecule has 0 aromatic heterocycles. The molecule has 0 unspecified atom stereocenters. The van der Waals surface area contributed by atoms with Crippen LogP contribution in [0, 0.1) is 5.82 Å². The number of thioether (sulfide) groups is 1. The molecule has 2 heterocycles. The van der Waals surface area contributed by atoms with Crippen molar-refractivity contribution in [1.82, 2.24) is 4.90 Å². The molecule has 2 aliphatic heterocycles. The molecule has 35 heavy (non-hydrogen) atoms. The number of allylic oxidation sites excluding steroid dienone is 1. The summed E-state index contributed by atoms with van der Waals surface area (Å²) in [6.07, 6.45) is 5.07. The van der Waals surface area contributed by atoms with Gasteiger partial charge in [-0.15, -0.1) is 0 Å². The van der Waals surface area contributed by atoms with Crippen molar-refractivity contribution in [2.75, 3.05) is 0 Å². The Kier molecular flexibility index (Phi) is 6.05. The highest BCUT2D eigenvalue weighted by atomic mass is 35.5. The summed E-state index contributed by atoms with van der Waals surface area (Å²) in [5, 5.41) is 4.46. The first-order valence-corrected chi connectivity index (χ1v) is 13.2. The number of nitrogens with zero attached hydrogens (tertiary/aromatic N) is 2. The molecule has 3 aromatic rings. The van der Waals surface area contributed by atoms with Crippen LogP contribution in [0.25, 0.3) is 11.8 Å². The van der Waals surface area contributed by atoms with Crippen molar-refractivity contribution in [3.8, 4) is 0 Å². The molecule has 0 fully saturated rings. The van der Waals surface area contributed by atoms with Crippen molar-refractivity contribution >= 4 is 51.9 Å². The van der Waals surface area contributed by atoms with Gasteiger partial charge < -0.3 is 4.90 Å². The van der Waals surface area contributed by atoms with Crippen molar-refractivity contribution in [3.05, 3.63) is 128 Å². The van der Waals surface area contributed by atoms with Crippen LogP contribution in [-0.4, -0.2) is 10.1 Å². The molecule has 6 rings (SSSR count). The summed E-state index contributed by atoms with van der Waals surface area (Å²) in [6.45, 7) is 0. The van der Waals surface area contributed by atoms with E-state index in [1.54, 1.807) is 11.8 Å². The number of amidine groups is 1. The summed E-state index contributed by atoms with van der Waals surface area (Å²) in [6, 6.07) is 22.5. The standard InChI is InChI=1S/C29H21Cl2FN2S/c30-24-10-3-1-6-19(24)16-20-7-5-9-23-27(20)33-29-34(28(23)22-8-2-4-11-25(22)31)26(17-35-29)18-12-14-21(32)15-13-18/h1-4,6,8,10-17,28H,5,7,9H2/b20-16+/t28-/m0/s1. The summed E-state index contributed by atoms with van der Waals surface area (Å²) in [4.78, 5) is 7.44. The largest absolute Gasteiger partial charge is 0.308 e. The Morgan fingerprint density at radius 1 is 0.914 bits per heavy atom. The Bertz CT molecular complexity index is 1440. The summed E-state index contributed by atoms with van der Waals surface area (Å²) < 4.78 is 13.7. The fourth-order valence-electron chi connectivity index (χ4n) is 5.00. The Hall–Kier alpha value is -2.79. The van der Waals surface area contributed by atoms with Gasteiger partial charge in [-0.3, -0.25) is 0 Å². The third-order valence-electron chi connectivity index (χ3n) is 6.61. The summed E-state index contributed by atoms with van der Waals surface area (Å²) in [5.74, 6) is -0.248. The second-order valence-electron chi connectivity index (χ2n) is 8.73. The highest BCUT2D eigenvalue weighted by molar-refractivity contribution is 8.16. The summed E-state index contributed by atoms with van der Waals surface area (Å²) >= 11 is 14.9. The number of halogens is 3. The molecule has 1 atom stereocenters. The lowest BCUT2D eigenvalue weighted by Crippen LogP contribution is -2.35. The van der Waals surface area contributed by atoms with Gasteiger partial charge in [-0.05, 0) is 89.6 Å². The third-order valence-corrected chi connectivity index (χ3v) is 8.14. The second-order valence-corrected chi connectivity index (χ2v) is 10.4. The SMILES string of the molecule is Fc1ccc(C2=CSC3=NC4=C(CCC/C4=C\c4ccccc4Cl)[C@H](c4ccccc4Cl)N23)cc1. The maximum atomic E-state index is 13.7. The van der Waals surface area contributed by atoms with Gasteiger partial charge in [-0.25, -0.2) is 9.38 Å². The van der Waals surface area contributed by atoms with Crippen LogP contribution in [0.15, 0.2) is 100 Å². The zero-order chi connectivity index (χ0) is 23.9. The van der Waals surface area contributed by atoms with Crippen molar-refractivity contribution in [2.24, 2.45) is 4.99 Å². The molecule has 0 saturated heterocycles. The van der Waals surface area contributed by atoms with Gasteiger partial charge in [-0.1, -0.05) is 71.4 Å². The molecule has 0 saturated carbocycles. The third kappa shape index (κ3) is 4.14. The molecule has 6 heteroatoms. The van der Waals surface area contributed by atoms with Gasteiger partial charge in [0.25, 0.3) is 0 Å². The maximum absolute atomic E-state index is 13.7. The van der Waals surface area contributed by atoms with Crippen molar-refractivity contribution in [1.29, 1.82) is 0 Å². The number of aliphatic imine (C=N–C) groups is 1. The van der Waals surface area contributed by atoms with Gasteiger partial charge in [0.15, 0.2) is 5.17 Å². The quantitative estimate of drug-likeness (QED) is 0.343. The van der Waals surface area contributed by atoms with E-state index in [0.717, 1.165) is 62.6 Å². The average molecular weight is 519 g/mol. The molecule has 0 amide bonds. The molecule has 1 aliphatic carbocycles. The van der Waals surface area contributed by atoms with E-state index in [1.165, 1.54) is 23.3 Å². The van der Waals surface area contributed by atoms with Crippen LogP contribution in [0.5, 0.6) is 0 Å². The predicted octanol–water partition coefficient (Wildman–Crippen LogP) is 9.11. The Morgan fingerprint density at radius 2 is 1.66 bits per heavy atom. The molecule has 0 bridgehead atoms. The van der Waals surface area contributed by atoms with Crippen LogP contribution in [0.4, 0.5) is 4.39 Å². The van der Waals surface area contributed by atoms with Crippen molar-refractivity contribution in [3.63, 3.8) is 0 Å². The fraction of sp³-hybridized carbons (Fsp3) is 0.138. The summed E-state index contributed by atoms with van der Waals surface area (Å²) in [7, 11) is 0. The van der Waals surface area contributed by atoms with E-state index in [4.69, 9.17) is 28.2 Å². The average Bonchev–Trinajstić information content (AvgIpc) is 3.29. The Morgan fingerprint density at radius 3 is 2.43 bits per heavy atom. The van der Waals surface area contributed by atoms with Crippen LogP contribution in [0.2, 0.25) is 10.0 Å². The lowest BCUT2D eigenvalue weighted by molar-refractivity contribution is 0.458. The van der Waals surface area contributed by atoms with E-state index in [9.17, 15) is 4.39 Å². The van der Waals surface area contributed by atoms with Crippen molar-refractivity contribution in [2.45, 2.75) is 25.3 Å². The van der Waals surface area contributed by atoms with Crippen molar-refractivity contribution < 1.29 is 4.39 Å². The van der Waals surface area contributed by atoms with Crippen LogP contribution in [0.3, 0.4) is 0 Å². The molecule has 3 aliphatic rings. The molecule has 174 valence electrons. The molecule has 0 N–H and O–H groups in total. The van der Waals surface area contributed by atoms with E-state index >= 15 is 0 Å². The first-order chi connectivity index (χ1) is 17.1. The highest BCUT2D eigenvalue weighted by Gasteiger charge is 2.40. The molecular weight excluding hydrogens is 498 g/mol. The monoisotopic (exact) mass is 518 g/mol. The van der Waals surface area contributed by atoms with E-state index in [-0.39, 0.29) is 11.9 Å². The molecule has 3 aromatic carbocycles. The minimum absolute atomic E-state index is 0.0903. The van der Waals surface area contributed by atoms with Gasteiger partial charge in [0.05, 0.1) is 17.4 Å². The minimum atomic E-state index is -0.248. The van der Waals surface area contributed by atoms with Gasteiger partial charge in [0, 0.05) is 15.5 Å². The van der Waals surface area contributed by atoms with E-state index in [2.05, 4.69) is 22.5 Å². The first-order valence-electron chi connectivity index (χ1n) is 11.5. The zero-order valence-electron chi connectivity index (χ0n) is 18.7. The van der Waals surface area contributed by atoms with E-state index in [1.807, 2.05) is 54.6 Å². The maximum Gasteiger partial charge on any atom is 0.174 e. The van der Waals surface area contributed by atoms with Crippen LogP contribution in [0.1, 0.15) is 42.0 Å². The molecular formula is C29H21Cl2FN2S. The van der Waals surface area contributed by atoms with Gasteiger partial charge in [0.2, 0.25) is 0 Å². The lowest BCUT2D eigenvalue weighted by atomic mass is 9.82. The lowest BCUT2D eigenvalue weighted by Gasteiger charge is -2.40. The first kappa shape index (κ1) is 22.7. The Labute approximate surface area is 218 Å². The normalized spacial score (nSPS) is 20.5. The smallest absolute Gasteiger partial charge is 0.174 e. The van der Waals surface area contributed by atoms with Crippen LogP contribution >= 0.6 is 35.0 Å². The minimum Gasteiger partial charge on any atom is -0.308 e. The molecule has 2 nitrogen and oxygen atoms in total. The van der Waals surface area contributed by atoms with Crippen LogP contribution in [-0.2, 0) is 0 Å². The number of fused-ring (bicyclic) bond motifs is 1. The fourth-order valence-corrected chi connectivity index (χ4v) is 6.36. The van der Waals surface area contributed by atoms with Crippen LogP contribution < -0.4 is 0 Å². The number of hydrogen-bond acceptors (Lipinski definition) is 3. The number of benzene rings is 3. The molecule has 0 spiro atoms. The second kappa shape index (κ2) is 9.34. The van der Waals surface area contributed by atoms with Gasteiger partial charge in [-0.2, -0.15) is 0 Å². The van der Waals surface area contributed by atoms with E-state index in [0.29, 0.717) is 0 Å². The Balaban J connectivity index is 1.52. The molecule has 0 radical (unpaired) electrons. The van der Waals surface area contributed by atoms with E-state index < -0.39 is 0 Å². The predicted molar refractivity (Wildman–Crippen MR) is 146 cm³/mol.